The summed E-state index contributed by atoms with van der Waals surface area (Å²) in [5.74, 6) is 0.586. The van der Waals surface area contributed by atoms with Crippen LogP contribution < -0.4 is 0 Å². The minimum absolute atomic E-state index is 0.230. The fourth-order valence-electron chi connectivity index (χ4n) is 1.22. The molecule has 0 saturated heterocycles. The molecule has 0 bridgehead atoms. The first-order chi connectivity index (χ1) is 6.46. The highest BCUT2D eigenvalue weighted by molar-refractivity contribution is 6.00. The van der Waals surface area contributed by atoms with Gasteiger partial charge in [0.25, 0.3) is 0 Å². The third-order valence-corrected chi connectivity index (χ3v) is 3.06. The second-order valence-corrected chi connectivity index (χ2v) is 4.57. The van der Waals surface area contributed by atoms with Crippen LogP contribution in [-0.4, -0.2) is 5.78 Å². The third kappa shape index (κ3) is 2.03. The Balaban J connectivity index is 2.97. The molecule has 0 aliphatic heterocycles. The molecule has 1 nitrogen and oxygen atoms in total. The van der Waals surface area contributed by atoms with Crippen molar-refractivity contribution in [3.63, 3.8) is 0 Å². The second kappa shape index (κ2) is 3.95. The van der Waals surface area contributed by atoms with Gasteiger partial charge >= 0.3 is 0 Å². The molecule has 0 aliphatic carbocycles. The van der Waals surface area contributed by atoms with Crippen LogP contribution in [0.2, 0.25) is 0 Å². The van der Waals surface area contributed by atoms with Crippen LogP contribution in [0.25, 0.3) is 0 Å². The van der Waals surface area contributed by atoms with Crippen molar-refractivity contribution in [1.82, 2.24) is 0 Å². The van der Waals surface area contributed by atoms with Gasteiger partial charge in [0.1, 0.15) is 0 Å². The lowest BCUT2D eigenvalue weighted by Crippen LogP contribution is -2.29. The Kier molecular flexibility index (Phi) is 3.10. The molecule has 1 aromatic rings. The summed E-state index contributed by atoms with van der Waals surface area (Å²) in [4.78, 5) is 12.1. The average Bonchev–Trinajstić information content (AvgIpc) is 2.17. The third-order valence-electron chi connectivity index (χ3n) is 3.06. The Hall–Kier alpha value is -1.11. The predicted octanol–water partition coefficient (Wildman–Crippen LogP) is 3.55. The van der Waals surface area contributed by atoms with Crippen LogP contribution in [0.5, 0.6) is 0 Å². The molecular formula is C13H18O. The van der Waals surface area contributed by atoms with Gasteiger partial charge in [-0.05, 0) is 5.92 Å². The van der Waals surface area contributed by atoms with E-state index in [1.54, 1.807) is 0 Å². The molecule has 0 atom stereocenters. The van der Waals surface area contributed by atoms with Crippen molar-refractivity contribution in [1.29, 1.82) is 0 Å². The van der Waals surface area contributed by atoms with Gasteiger partial charge in [0.05, 0.1) is 0 Å². The maximum absolute atomic E-state index is 12.1. The van der Waals surface area contributed by atoms with E-state index in [0.717, 1.165) is 5.56 Å². The lowest BCUT2D eigenvalue weighted by molar-refractivity contribution is 0.0772. The van der Waals surface area contributed by atoms with E-state index in [2.05, 4.69) is 13.8 Å². The quantitative estimate of drug-likeness (QED) is 0.666. The summed E-state index contributed by atoms with van der Waals surface area (Å²) in [6.45, 7) is 8.18. The van der Waals surface area contributed by atoms with Gasteiger partial charge in [0.15, 0.2) is 5.78 Å². The number of benzene rings is 1. The molecule has 0 aliphatic rings. The largest absolute Gasteiger partial charge is 0.294 e. The molecule has 0 N–H and O–H groups in total. The molecule has 76 valence electrons. The normalized spacial score (nSPS) is 11.8. The zero-order valence-electron chi connectivity index (χ0n) is 9.37. The summed E-state index contributed by atoms with van der Waals surface area (Å²) in [6, 6.07) is 9.51. The SMILES string of the molecule is CC(C)C(C)(C)C(=O)c1ccccc1. The van der Waals surface area contributed by atoms with Crippen LogP contribution in [-0.2, 0) is 0 Å². The Morgan fingerprint density at radius 1 is 1.14 bits per heavy atom. The fraction of sp³-hybridized carbons (Fsp3) is 0.462. The minimum Gasteiger partial charge on any atom is -0.294 e. The summed E-state index contributed by atoms with van der Waals surface area (Å²) < 4.78 is 0. The van der Waals surface area contributed by atoms with Gasteiger partial charge in [-0.2, -0.15) is 0 Å². The average molecular weight is 190 g/mol. The van der Waals surface area contributed by atoms with Crippen LogP contribution in [0.15, 0.2) is 30.3 Å². The molecule has 14 heavy (non-hydrogen) atoms. The van der Waals surface area contributed by atoms with Crippen LogP contribution in [0.4, 0.5) is 0 Å². The molecular weight excluding hydrogens is 172 g/mol. The van der Waals surface area contributed by atoms with E-state index in [1.807, 2.05) is 44.2 Å². The summed E-state index contributed by atoms with van der Waals surface area (Å²) in [7, 11) is 0. The zero-order chi connectivity index (χ0) is 10.8. The number of hydrogen-bond donors (Lipinski definition) is 0. The fourth-order valence-corrected chi connectivity index (χ4v) is 1.22. The number of hydrogen-bond acceptors (Lipinski definition) is 1. The number of ketones is 1. The van der Waals surface area contributed by atoms with Crippen LogP contribution in [0, 0.1) is 11.3 Å². The van der Waals surface area contributed by atoms with Crippen LogP contribution in [0.1, 0.15) is 38.1 Å². The van der Waals surface area contributed by atoms with Crippen LogP contribution >= 0.6 is 0 Å². The predicted molar refractivity (Wildman–Crippen MR) is 59.4 cm³/mol. The molecule has 0 spiro atoms. The number of Topliss-reactive ketones (excluding diaryl/α,β-unsaturated/α-hetero) is 1. The molecule has 1 heteroatoms. The van der Waals surface area contributed by atoms with Gasteiger partial charge < -0.3 is 0 Å². The summed E-state index contributed by atoms with van der Waals surface area (Å²) in [6.07, 6.45) is 0. The molecule has 1 aromatic carbocycles. The van der Waals surface area contributed by atoms with Gasteiger partial charge in [-0.15, -0.1) is 0 Å². The van der Waals surface area contributed by atoms with E-state index in [-0.39, 0.29) is 11.2 Å². The first-order valence-corrected chi connectivity index (χ1v) is 5.06. The number of carbonyl (C=O) groups excluding carboxylic acids is 1. The van der Waals surface area contributed by atoms with E-state index in [9.17, 15) is 4.79 Å². The Morgan fingerprint density at radius 2 is 1.64 bits per heavy atom. The molecule has 0 fully saturated rings. The van der Waals surface area contributed by atoms with Crippen molar-refractivity contribution >= 4 is 5.78 Å². The highest BCUT2D eigenvalue weighted by atomic mass is 16.1. The highest BCUT2D eigenvalue weighted by Gasteiger charge is 2.31. The molecule has 1 rings (SSSR count). The number of rotatable bonds is 3. The molecule has 0 saturated carbocycles. The molecule has 0 amide bonds. The van der Waals surface area contributed by atoms with Gasteiger partial charge in [0, 0.05) is 11.0 Å². The number of carbonyl (C=O) groups is 1. The molecule has 0 heterocycles. The van der Waals surface area contributed by atoms with E-state index in [4.69, 9.17) is 0 Å². The van der Waals surface area contributed by atoms with Gasteiger partial charge in [0.2, 0.25) is 0 Å². The minimum atomic E-state index is -0.276. The lowest BCUT2D eigenvalue weighted by atomic mass is 9.75. The Morgan fingerprint density at radius 3 is 2.07 bits per heavy atom. The van der Waals surface area contributed by atoms with Crippen molar-refractivity contribution in [2.75, 3.05) is 0 Å². The van der Waals surface area contributed by atoms with Crippen molar-refractivity contribution in [3.8, 4) is 0 Å². The van der Waals surface area contributed by atoms with Gasteiger partial charge in [-0.3, -0.25) is 4.79 Å². The maximum atomic E-state index is 12.1. The smallest absolute Gasteiger partial charge is 0.168 e. The lowest BCUT2D eigenvalue weighted by Gasteiger charge is -2.27. The first kappa shape index (κ1) is 11.0. The van der Waals surface area contributed by atoms with E-state index in [1.165, 1.54) is 0 Å². The van der Waals surface area contributed by atoms with Crippen molar-refractivity contribution in [3.05, 3.63) is 35.9 Å². The highest BCUT2D eigenvalue weighted by Crippen LogP contribution is 2.30. The van der Waals surface area contributed by atoms with E-state index >= 15 is 0 Å². The van der Waals surface area contributed by atoms with Crippen LogP contribution in [0.3, 0.4) is 0 Å². The molecule has 0 radical (unpaired) electrons. The standard InChI is InChI=1S/C13H18O/c1-10(2)13(3,4)12(14)11-8-6-5-7-9-11/h5-10H,1-4H3. The second-order valence-electron chi connectivity index (χ2n) is 4.57. The van der Waals surface area contributed by atoms with E-state index < -0.39 is 0 Å². The first-order valence-electron chi connectivity index (χ1n) is 5.06. The Bertz CT molecular complexity index is 309. The summed E-state index contributed by atoms with van der Waals surface area (Å²) in [5.41, 5.74) is 0.535. The summed E-state index contributed by atoms with van der Waals surface area (Å²) >= 11 is 0. The zero-order valence-corrected chi connectivity index (χ0v) is 9.37. The Labute approximate surface area is 86.1 Å². The van der Waals surface area contributed by atoms with Gasteiger partial charge in [-0.25, -0.2) is 0 Å². The maximum Gasteiger partial charge on any atom is 0.168 e. The monoisotopic (exact) mass is 190 g/mol. The summed E-state index contributed by atoms with van der Waals surface area (Å²) in [5, 5.41) is 0. The van der Waals surface area contributed by atoms with Crippen molar-refractivity contribution < 1.29 is 4.79 Å². The molecule has 0 unspecified atom stereocenters. The van der Waals surface area contributed by atoms with E-state index in [0.29, 0.717) is 5.92 Å². The van der Waals surface area contributed by atoms with Crippen molar-refractivity contribution in [2.45, 2.75) is 27.7 Å². The molecule has 0 aromatic heterocycles. The van der Waals surface area contributed by atoms with Crippen molar-refractivity contribution in [2.24, 2.45) is 11.3 Å². The topological polar surface area (TPSA) is 17.1 Å². The van der Waals surface area contributed by atoms with Gasteiger partial charge in [-0.1, -0.05) is 58.0 Å².